The smallest absolute Gasteiger partial charge is 0.211 e. The van der Waals surface area contributed by atoms with Crippen molar-refractivity contribution in [1.82, 2.24) is 15.4 Å². The van der Waals surface area contributed by atoms with Crippen LogP contribution in [0, 0.1) is 5.92 Å². The van der Waals surface area contributed by atoms with Crippen LogP contribution in [0.4, 0.5) is 0 Å². The summed E-state index contributed by atoms with van der Waals surface area (Å²) >= 11 is 0. The molecule has 0 saturated heterocycles. The van der Waals surface area contributed by atoms with Gasteiger partial charge in [-0.2, -0.15) is 0 Å². The van der Waals surface area contributed by atoms with Crippen molar-refractivity contribution < 1.29 is 8.42 Å². The van der Waals surface area contributed by atoms with Crippen molar-refractivity contribution in [3.63, 3.8) is 0 Å². The van der Waals surface area contributed by atoms with Gasteiger partial charge in [-0.05, 0) is 43.7 Å². The Bertz CT molecular complexity index is 661. The van der Waals surface area contributed by atoms with Crippen LogP contribution < -0.4 is 15.4 Å². The number of hydrogen-bond donors (Lipinski definition) is 3. The van der Waals surface area contributed by atoms with Crippen molar-refractivity contribution in [3.05, 3.63) is 35.4 Å². The van der Waals surface area contributed by atoms with Gasteiger partial charge < -0.3 is 10.6 Å². The van der Waals surface area contributed by atoms with E-state index in [4.69, 9.17) is 0 Å². The fraction of sp³-hybridized carbons (Fsp3) is 0.632. The Morgan fingerprint density at radius 2 is 1.74 bits per heavy atom. The third-order valence-electron chi connectivity index (χ3n) is 4.05. The quantitative estimate of drug-likeness (QED) is 0.196. The average molecular weight is 510 g/mol. The summed E-state index contributed by atoms with van der Waals surface area (Å²) in [6.07, 6.45) is 1.78. The van der Waals surface area contributed by atoms with Crippen molar-refractivity contribution in [2.24, 2.45) is 10.9 Å². The average Bonchev–Trinajstić information content (AvgIpc) is 2.60. The maximum atomic E-state index is 11.4. The Hall–Kier alpha value is -0.870. The minimum atomic E-state index is -3.12. The van der Waals surface area contributed by atoms with E-state index < -0.39 is 10.0 Å². The van der Waals surface area contributed by atoms with E-state index in [1.165, 1.54) is 11.1 Å². The Balaban J connectivity index is 0.00000676. The molecule has 0 aliphatic rings. The zero-order valence-electron chi connectivity index (χ0n) is 17.1. The maximum Gasteiger partial charge on any atom is 0.211 e. The standard InChI is InChI=1S/C19H34N4O2S.HI/c1-6-26(24,25)22-13-7-12-21-19(20-5)23-16(4)18-10-8-17(9-11-18)14-15(2)3;/h8-11,15-16,22H,6-7,12-14H2,1-5H3,(H2,20,21,23);1H. The Labute approximate surface area is 182 Å². The first-order valence-electron chi connectivity index (χ1n) is 9.30. The molecule has 0 bridgehead atoms. The summed E-state index contributed by atoms with van der Waals surface area (Å²) in [4.78, 5) is 4.23. The largest absolute Gasteiger partial charge is 0.356 e. The van der Waals surface area contributed by atoms with E-state index in [1.54, 1.807) is 14.0 Å². The fourth-order valence-corrected chi connectivity index (χ4v) is 3.18. The summed E-state index contributed by atoms with van der Waals surface area (Å²) in [5.74, 6) is 1.47. The van der Waals surface area contributed by atoms with E-state index in [-0.39, 0.29) is 35.8 Å². The molecule has 6 nitrogen and oxygen atoms in total. The Morgan fingerprint density at radius 1 is 1.11 bits per heavy atom. The summed E-state index contributed by atoms with van der Waals surface area (Å²) in [5.41, 5.74) is 2.56. The van der Waals surface area contributed by atoms with Gasteiger partial charge in [0.05, 0.1) is 11.8 Å². The third-order valence-corrected chi connectivity index (χ3v) is 5.45. The molecule has 1 unspecified atom stereocenters. The molecule has 0 aliphatic carbocycles. The molecule has 156 valence electrons. The van der Waals surface area contributed by atoms with E-state index in [0.717, 1.165) is 6.42 Å². The summed E-state index contributed by atoms with van der Waals surface area (Å²) in [6.45, 7) is 9.24. The lowest BCUT2D eigenvalue weighted by atomic mass is 10.00. The van der Waals surface area contributed by atoms with Crippen molar-refractivity contribution in [2.45, 2.75) is 46.6 Å². The maximum absolute atomic E-state index is 11.4. The normalized spacial score (nSPS) is 13.2. The van der Waals surface area contributed by atoms with Gasteiger partial charge in [-0.3, -0.25) is 4.99 Å². The SMILES string of the molecule is CCS(=O)(=O)NCCCNC(=NC)NC(C)c1ccc(CC(C)C)cc1.I. The first-order valence-corrected chi connectivity index (χ1v) is 11.0. The fourth-order valence-electron chi connectivity index (χ4n) is 2.52. The van der Waals surface area contributed by atoms with Crippen LogP contribution in [0.3, 0.4) is 0 Å². The molecule has 0 heterocycles. The molecule has 0 saturated carbocycles. The van der Waals surface area contributed by atoms with Crippen molar-refractivity contribution >= 4 is 40.0 Å². The zero-order chi connectivity index (χ0) is 19.6. The molecule has 0 amide bonds. The van der Waals surface area contributed by atoms with Gasteiger partial charge in [-0.25, -0.2) is 13.1 Å². The number of sulfonamides is 1. The summed E-state index contributed by atoms with van der Waals surface area (Å²) < 4.78 is 25.3. The third kappa shape index (κ3) is 10.9. The number of guanidine groups is 1. The highest BCUT2D eigenvalue weighted by atomic mass is 127. The minimum absolute atomic E-state index is 0. The van der Waals surface area contributed by atoms with Gasteiger partial charge >= 0.3 is 0 Å². The first kappa shape index (κ1) is 26.1. The predicted octanol–water partition coefficient (Wildman–Crippen LogP) is 3.06. The second kappa shape index (κ2) is 13.3. The van der Waals surface area contributed by atoms with E-state index in [9.17, 15) is 8.42 Å². The van der Waals surface area contributed by atoms with Crippen LogP contribution in [0.15, 0.2) is 29.3 Å². The second-order valence-electron chi connectivity index (χ2n) is 6.86. The molecule has 3 N–H and O–H groups in total. The van der Waals surface area contributed by atoms with E-state index in [2.05, 4.69) is 65.4 Å². The lowest BCUT2D eigenvalue weighted by molar-refractivity contribution is 0.579. The number of aliphatic imine (C=N–C) groups is 1. The monoisotopic (exact) mass is 510 g/mol. The molecule has 0 aliphatic heterocycles. The van der Waals surface area contributed by atoms with Crippen molar-refractivity contribution in [2.75, 3.05) is 25.9 Å². The summed E-state index contributed by atoms with van der Waals surface area (Å²) in [7, 11) is -1.39. The van der Waals surface area contributed by atoms with Crippen LogP contribution >= 0.6 is 24.0 Å². The van der Waals surface area contributed by atoms with E-state index in [1.807, 2.05) is 0 Å². The zero-order valence-corrected chi connectivity index (χ0v) is 20.2. The van der Waals surface area contributed by atoms with Crippen LogP contribution in [-0.2, 0) is 16.4 Å². The number of nitrogens with zero attached hydrogens (tertiary/aromatic N) is 1. The lowest BCUT2D eigenvalue weighted by Gasteiger charge is -2.19. The molecule has 1 aromatic rings. The molecule has 27 heavy (non-hydrogen) atoms. The van der Waals surface area contributed by atoms with Crippen LogP contribution in [0.5, 0.6) is 0 Å². The summed E-state index contributed by atoms with van der Waals surface area (Å²) in [6, 6.07) is 8.81. The number of nitrogens with one attached hydrogen (secondary N) is 3. The molecule has 1 aromatic carbocycles. The minimum Gasteiger partial charge on any atom is -0.356 e. The van der Waals surface area contributed by atoms with Crippen molar-refractivity contribution in [3.8, 4) is 0 Å². The van der Waals surface area contributed by atoms with E-state index >= 15 is 0 Å². The molecule has 0 spiro atoms. The number of benzene rings is 1. The highest BCUT2D eigenvalue weighted by Crippen LogP contribution is 2.15. The lowest BCUT2D eigenvalue weighted by Crippen LogP contribution is -2.40. The molecule has 0 fully saturated rings. The number of rotatable bonds is 10. The Kier molecular flexibility index (Phi) is 12.9. The highest BCUT2D eigenvalue weighted by molar-refractivity contribution is 14.0. The molecular formula is C19H35IN4O2S. The molecule has 8 heteroatoms. The molecule has 0 aromatic heterocycles. The van der Waals surface area contributed by atoms with Crippen LogP contribution in [-0.4, -0.2) is 40.3 Å². The van der Waals surface area contributed by atoms with Crippen LogP contribution in [0.1, 0.15) is 51.3 Å². The first-order chi connectivity index (χ1) is 12.3. The molecule has 1 atom stereocenters. The number of hydrogen-bond acceptors (Lipinski definition) is 3. The highest BCUT2D eigenvalue weighted by Gasteiger charge is 2.09. The van der Waals surface area contributed by atoms with Crippen molar-refractivity contribution in [1.29, 1.82) is 0 Å². The number of halogens is 1. The van der Waals surface area contributed by atoms with Gasteiger partial charge in [0.25, 0.3) is 0 Å². The van der Waals surface area contributed by atoms with Crippen LogP contribution in [0.25, 0.3) is 0 Å². The van der Waals surface area contributed by atoms with Crippen LogP contribution in [0.2, 0.25) is 0 Å². The molecule has 1 rings (SSSR count). The van der Waals surface area contributed by atoms with Gasteiger partial charge in [0, 0.05) is 20.1 Å². The van der Waals surface area contributed by atoms with Gasteiger partial charge in [0.2, 0.25) is 10.0 Å². The topological polar surface area (TPSA) is 82.6 Å². The van der Waals surface area contributed by atoms with E-state index in [0.29, 0.717) is 31.4 Å². The summed E-state index contributed by atoms with van der Waals surface area (Å²) in [5, 5.41) is 6.58. The van der Waals surface area contributed by atoms with Gasteiger partial charge in [-0.15, -0.1) is 24.0 Å². The van der Waals surface area contributed by atoms with Gasteiger partial charge in [0.15, 0.2) is 5.96 Å². The van der Waals surface area contributed by atoms with Gasteiger partial charge in [0.1, 0.15) is 0 Å². The molecular weight excluding hydrogens is 475 g/mol. The molecule has 0 radical (unpaired) electrons. The Morgan fingerprint density at radius 3 is 2.26 bits per heavy atom. The second-order valence-corrected chi connectivity index (χ2v) is 8.95. The predicted molar refractivity (Wildman–Crippen MR) is 125 cm³/mol. The van der Waals surface area contributed by atoms with Gasteiger partial charge in [-0.1, -0.05) is 38.1 Å².